The smallest absolute Gasteiger partial charge is 0.274 e. The van der Waals surface area contributed by atoms with E-state index in [1.807, 2.05) is 18.0 Å². The molecule has 1 amide bonds. The predicted molar refractivity (Wildman–Crippen MR) is 120 cm³/mol. The summed E-state index contributed by atoms with van der Waals surface area (Å²) in [5, 5.41) is 4.29. The standard InChI is InChI=1S/C24H28N4O4/c1-16-14-21-24(31)25-19(15-28(21)26-16)4-3-5-22(29)27-12-10-18(11-13-27)23(30)17-6-8-20(32-2)9-7-17/h6-9,14-15,18H,3-5,10-13H2,1-2H3,(H,25,31). The summed E-state index contributed by atoms with van der Waals surface area (Å²) >= 11 is 0. The number of amides is 1. The zero-order chi connectivity index (χ0) is 22.7. The second-order valence-corrected chi connectivity index (χ2v) is 8.33. The Hall–Kier alpha value is -3.42. The second kappa shape index (κ2) is 9.38. The molecule has 1 saturated heterocycles. The van der Waals surface area contributed by atoms with Gasteiger partial charge in [0.15, 0.2) is 5.78 Å². The fourth-order valence-electron chi connectivity index (χ4n) is 4.27. The number of methoxy groups -OCH3 is 1. The van der Waals surface area contributed by atoms with Crippen molar-refractivity contribution >= 4 is 17.2 Å². The van der Waals surface area contributed by atoms with E-state index in [0.717, 1.165) is 17.1 Å². The number of aromatic amines is 1. The number of aromatic nitrogens is 3. The van der Waals surface area contributed by atoms with Crippen LogP contribution in [0.25, 0.3) is 5.52 Å². The molecular weight excluding hydrogens is 408 g/mol. The third kappa shape index (κ3) is 4.74. The Morgan fingerprint density at radius 1 is 1.19 bits per heavy atom. The van der Waals surface area contributed by atoms with Gasteiger partial charge in [-0.1, -0.05) is 0 Å². The summed E-state index contributed by atoms with van der Waals surface area (Å²) in [6.07, 6.45) is 4.83. The monoisotopic (exact) mass is 436 g/mol. The first-order chi connectivity index (χ1) is 15.4. The lowest BCUT2D eigenvalue weighted by atomic mass is 9.88. The highest BCUT2D eigenvalue weighted by Gasteiger charge is 2.27. The van der Waals surface area contributed by atoms with Gasteiger partial charge in [-0.3, -0.25) is 14.4 Å². The van der Waals surface area contributed by atoms with E-state index < -0.39 is 0 Å². The van der Waals surface area contributed by atoms with Crippen LogP contribution in [0.3, 0.4) is 0 Å². The third-order valence-corrected chi connectivity index (χ3v) is 6.07. The molecule has 3 aromatic rings. The Balaban J connectivity index is 1.25. The van der Waals surface area contributed by atoms with Crippen molar-refractivity contribution < 1.29 is 14.3 Å². The Labute approximate surface area is 186 Å². The van der Waals surface area contributed by atoms with Gasteiger partial charge in [-0.15, -0.1) is 0 Å². The first-order valence-corrected chi connectivity index (χ1v) is 11.0. The molecule has 1 N–H and O–H groups in total. The van der Waals surface area contributed by atoms with Crippen molar-refractivity contribution in [3.8, 4) is 5.75 Å². The number of Topliss-reactive ketones (excluding diaryl/α,β-unsaturated/α-hetero) is 1. The lowest BCUT2D eigenvalue weighted by Crippen LogP contribution is -2.40. The quantitative estimate of drug-likeness (QED) is 0.575. The molecule has 168 valence electrons. The Bertz CT molecular complexity index is 1170. The predicted octanol–water partition coefficient (Wildman–Crippen LogP) is 2.78. The summed E-state index contributed by atoms with van der Waals surface area (Å²) in [5.74, 6) is 0.902. The number of H-pyrrole nitrogens is 1. The minimum atomic E-state index is -0.168. The van der Waals surface area contributed by atoms with Crippen LogP contribution >= 0.6 is 0 Å². The number of rotatable bonds is 7. The molecule has 2 aromatic heterocycles. The lowest BCUT2D eigenvalue weighted by molar-refractivity contribution is -0.132. The lowest BCUT2D eigenvalue weighted by Gasteiger charge is -2.31. The molecule has 32 heavy (non-hydrogen) atoms. The number of hydrogen-bond acceptors (Lipinski definition) is 5. The summed E-state index contributed by atoms with van der Waals surface area (Å²) in [4.78, 5) is 42.2. The largest absolute Gasteiger partial charge is 0.497 e. The molecule has 1 aliphatic heterocycles. The van der Waals surface area contributed by atoms with Crippen LogP contribution in [0.1, 0.15) is 47.4 Å². The zero-order valence-corrected chi connectivity index (χ0v) is 18.5. The maximum Gasteiger partial charge on any atom is 0.274 e. The number of nitrogens with one attached hydrogen (secondary N) is 1. The number of piperidine rings is 1. The van der Waals surface area contributed by atoms with Crippen LogP contribution in [0.5, 0.6) is 5.75 Å². The van der Waals surface area contributed by atoms with Gasteiger partial charge in [0.25, 0.3) is 5.56 Å². The van der Waals surface area contributed by atoms with E-state index in [-0.39, 0.29) is 23.2 Å². The Kier molecular flexibility index (Phi) is 6.39. The number of hydrogen-bond donors (Lipinski definition) is 1. The summed E-state index contributed by atoms with van der Waals surface area (Å²) in [6, 6.07) is 8.93. The van der Waals surface area contributed by atoms with Gasteiger partial charge in [-0.2, -0.15) is 5.10 Å². The average Bonchev–Trinajstić information content (AvgIpc) is 3.19. The van der Waals surface area contributed by atoms with E-state index in [9.17, 15) is 14.4 Å². The number of carbonyl (C=O) groups excluding carboxylic acids is 2. The van der Waals surface area contributed by atoms with Gasteiger partial charge < -0.3 is 14.6 Å². The van der Waals surface area contributed by atoms with Crippen LogP contribution in [0.2, 0.25) is 0 Å². The molecule has 0 unspecified atom stereocenters. The molecule has 1 aromatic carbocycles. The van der Waals surface area contributed by atoms with Crippen molar-refractivity contribution in [1.82, 2.24) is 19.5 Å². The van der Waals surface area contributed by atoms with Crippen molar-refractivity contribution in [2.75, 3.05) is 20.2 Å². The van der Waals surface area contributed by atoms with E-state index in [1.165, 1.54) is 0 Å². The number of ether oxygens (including phenoxy) is 1. The molecule has 8 heteroatoms. The number of carbonyl (C=O) groups is 2. The van der Waals surface area contributed by atoms with Crippen molar-refractivity contribution in [3.63, 3.8) is 0 Å². The van der Waals surface area contributed by atoms with Gasteiger partial charge in [-0.05, 0) is 62.9 Å². The highest BCUT2D eigenvalue weighted by Crippen LogP contribution is 2.23. The van der Waals surface area contributed by atoms with Gasteiger partial charge in [0.1, 0.15) is 11.3 Å². The minimum Gasteiger partial charge on any atom is -0.497 e. The summed E-state index contributed by atoms with van der Waals surface area (Å²) in [5.41, 5.74) is 2.60. The van der Waals surface area contributed by atoms with Crippen molar-refractivity contribution in [2.45, 2.75) is 39.0 Å². The maximum atomic E-state index is 12.7. The molecule has 0 bridgehead atoms. The zero-order valence-electron chi connectivity index (χ0n) is 18.5. The second-order valence-electron chi connectivity index (χ2n) is 8.33. The molecule has 0 saturated carbocycles. The topological polar surface area (TPSA) is 96.8 Å². The van der Waals surface area contributed by atoms with Gasteiger partial charge >= 0.3 is 0 Å². The van der Waals surface area contributed by atoms with Crippen LogP contribution in [-0.2, 0) is 11.2 Å². The minimum absolute atomic E-state index is 0.0539. The summed E-state index contributed by atoms with van der Waals surface area (Å²) in [7, 11) is 1.60. The first kappa shape index (κ1) is 21.8. The van der Waals surface area contributed by atoms with Crippen LogP contribution in [0, 0.1) is 12.8 Å². The van der Waals surface area contributed by atoms with E-state index >= 15 is 0 Å². The molecule has 0 radical (unpaired) electrons. The van der Waals surface area contributed by atoms with E-state index in [1.54, 1.807) is 42.0 Å². The van der Waals surface area contributed by atoms with Crippen LogP contribution in [0.4, 0.5) is 0 Å². The van der Waals surface area contributed by atoms with Gasteiger partial charge in [-0.25, -0.2) is 4.52 Å². The average molecular weight is 437 g/mol. The van der Waals surface area contributed by atoms with Crippen molar-refractivity contribution in [1.29, 1.82) is 0 Å². The van der Waals surface area contributed by atoms with E-state index in [0.29, 0.717) is 56.3 Å². The molecule has 0 spiro atoms. The Morgan fingerprint density at radius 2 is 1.91 bits per heavy atom. The Morgan fingerprint density at radius 3 is 2.59 bits per heavy atom. The number of likely N-dealkylation sites (tertiary alicyclic amines) is 1. The number of nitrogens with zero attached hydrogens (tertiary/aromatic N) is 3. The fourth-order valence-corrected chi connectivity index (χ4v) is 4.27. The summed E-state index contributed by atoms with van der Waals surface area (Å²) in [6.45, 7) is 3.04. The van der Waals surface area contributed by atoms with E-state index in [2.05, 4.69) is 10.1 Å². The number of fused-ring (bicyclic) bond motifs is 1. The first-order valence-electron chi connectivity index (χ1n) is 11.0. The van der Waals surface area contributed by atoms with Gasteiger partial charge in [0, 0.05) is 42.9 Å². The molecule has 0 atom stereocenters. The van der Waals surface area contributed by atoms with Crippen molar-refractivity contribution in [2.24, 2.45) is 5.92 Å². The maximum absolute atomic E-state index is 12.7. The normalized spacial score (nSPS) is 14.6. The SMILES string of the molecule is COc1ccc(C(=O)C2CCN(C(=O)CCCc3cn4nc(C)cc4c(=O)[nH]3)CC2)cc1. The van der Waals surface area contributed by atoms with E-state index in [4.69, 9.17) is 4.74 Å². The van der Waals surface area contributed by atoms with Crippen LogP contribution in [-0.4, -0.2) is 51.4 Å². The third-order valence-electron chi connectivity index (χ3n) is 6.07. The van der Waals surface area contributed by atoms with Crippen molar-refractivity contribution in [3.05, 3.63) is 63.8 Å². The summed E-state index contributed by atoms with van der Waals surface area (Å²) < 4.78 is 6.74. The van der Waals surface area contributed by atoms with Gasteiger partial charge in [0.05, 0.1) is 12.8 Å². The molecule has 8 nitrogen and oxygen atoms in total. The molecular formula is C24H28N4O4. The molecule has 4 rings (SSSR count). The highest BCUT2D eigenvalue weighted by molar-refractivity contribution is 5.98. The molecule has 0 aliphatic carbocycles. The number of aryl methyl sites for hydroxylation is 2. The van der Waals surface area contributed by atoms with Gasteiger partial charge in [0.2, 0.25) is 5.91 Å². The highest BCUT2D eigenvalue weighted by atomic mass is 16.5. The molecule has 1 aliphatic rings. The molecule has 1 fully saturated rings. The number of ketones is 1. The van der Waals surface area contributed by atoms with Crippen LogP contribution in [0.15, 0.2) is 41.3 Å². The molecule has 3 heterocycles. The number of benzene rings is 1. The van der Waals surface area contributed by atoms with Crippen LogP contribution < -0.4 is 10.3 Å². The fraction of sp³-hybridized carbons (Fsp3) is 0.417.